The first-order chi connectivity index (χ1) is 8.16. The predicted octanol–water partition coefficient (Wildman–Crippen LogP) is 3.12. The summed E-state index contributed by atoms with van der Waals surface area (Å²) in [6, 6.07) is 9.84. The van der Waals surface area contributed by atoms with Crippen LogP contribution in [0.3, 0.4) is 0 Å². The summed E-state index contributed by atoms with van der Waals surface area (Å²) in [6.07, 6.45) is 3.84. The molecule has 0 amide bonds. The van der Waals surface area contributed by atoms with Crippen molar-refractivity contribution in [3.05, 3.63) is 65.0 Å². The average Bonchev–Trinajstić information content (AvgIpc) is 2.29. The van der Waals surface area contributed by atoms with Crippen LogP contribution in [0.2, 0.25) is 0 Å². The number of aryl methyl sites for hydroxylation is 2. The minimum absolute atomic E-state index is 0.149. The molecule has 0 saturated heterocycles. The molecule has 1 aromatic heterocycles. The molecule has 1 heterocycles. The van der Waals surface area contributed by atoms with E-state index in [9.17, 15) is 4.79 Å². The monoisotopic (exact) mass is 225 g/mol. The Balaban J connectivity index is 2.20. The van der Waals surface area contributed by atoms with Crippen LogP contribution in [0.5, 0.6) is 0 Å². The van der Waals surface area contributed by atoms with E-state index in [2.05, 4.69) is 11.1 Å². The molecular formula is C15H15NO. The maximum atomic E-state index is 12.1. The van der Waals surface area contributed by atoms with Gasteiger partial charge in [-0.3, -0.25) is 9.78 Å². The molecule has 86 valence electrons. The van der Waals surface area contributed by atoms with Gasteiger partial charge in [-0.15, -0.1) is 0 Å². The van der Waals surface area contributed by atoms with Gasteiger partial charge in [0.15, 0.2) is 5.78 Å². The van der Waals surface area contributed by atoms with Gasteiger partial charge in [-0.1, -0.05) is 29.8 Å². The summed E-state index contributed by atoms with van der Waals surface area (Å²) in [4.78, 5) is 16.1. The summed E-state index contributed by atoms with van der Waals surface area (Å²) >= 11 is 0. The fourth-order valence-corrected chi connectivity index (χ4v) is 1.89. The van der Waals surface area contributed by atoms with E-state index in [-0.39, 0.29) is 5.78 Å². The van der Waals surface area contributed by atoms with Gasteiger partial charge >= 0.3 is 0 Å². The Bertz CT molecular complexity index is 546. The maximum absolute atomic E-state index is 12.1. The third-order valence-corrected chi connectivity index (χ3v) is 2.77. The molecule has 0 spiro atoms. The highest BCUT2D eigenvalue weighted by atomic mass is 16.1. The van der Waals surface area contributed by atoms with Gasteiger partial charge in [0.1, 0.15) is 0 Å². The summed E-state index contributed by atoms with van der Waals surface area (Å²) in [6.45, 7) is 3.95. The zero-order valence-electron chi connectivity index (χ0n) is 10.1. The van der Waals surface area contributed by atoms with E-state index in [4.69, 9.17) is 0 Å². The van der Waals surface area contributed by atoms with Crippen LogP contribution < -0.4 is 0 Å². The minimum atomic E-state index is 0.149. The second-order valence-corrected chi connectivity index (χ2v) is 4.28. The predicted molar refractivity (Wildman–Crippen MR) is 68.2 cm³/mol. The van der Waals surface area contributed by atoms with E-state index < -0.39 is 0 Å². The van der Waals surface area contributed by atoms with Gasteiger partial charge in [-0.25, -0.2) is 0 Å². The van der Waals surface area contributed by atoms with E-state index >= 15 is 0 Å². The number of benzene rings is 1. The molecule has 2 nitrogen and oxygen atoms in total. The van der Waals surface area contributed by atoms with Gasteiger partial charge in [0.05, 0.1) is 0 Å². The Morgan fingerprint density at radius 3 is 2.76 bits per heavy atom. The van der Waals surface area contributed by atoms with Crippen LogP contribution in [-0.2, 0) is 6.42 Å². The van der Waals surface area contributed by atoms with Crippen molar-refractivity contribution in [3.63, 3.8) is 0 Å². The number of carbonyl (C=O) groups excluding carboxylic acids is 1. The molecule has 2 aromatic rings. The zero-order chi connectivity index (χ0) is 12.3. The number of hydrogen-bond donors (Lipinski definition) is 0. The van der Waals surface area contributed by atoms with E-state index in [1.807, 2.05) is 32.0 Å². The van der Waals surface area contributed by atoms with E-state index in [1.54, 1.807) is 18.5 Å². The first-order valence-electron chi connectivity index (χ1n) is 5.66. The second kappa shape index (κ2) is 4.91. The molecule has 0 unspecified atom stereocenters. The van der Waals surface area contributed by atoms with Crippen molar-refractivity contribution in [2.45, 2.75) is 20.3 Å². The molecule has 0 radical (unpaired) electrons. The highest BCUT2D eigenvalue weighted by molar-refractivity contribution is 5.98. The molecule has 0 saturated carbocycles. The fourth-order valence-electron chi connectivity index (χ4n) is 1.89. The number of carbonyl (C=O) groups is 1. The number of hydrogen-bond acceptors (Lipinski definition) is 2. The fraction of sp³-hybridized carbons (Fsp3) is 0.200. The molecule has 0 aliphatic rings. The third kappa shape index (κ3) is 2.78. The number of ketones is 1. The molecule has 0 atom stereocenters. The van der Waals surface area contributed by atoms with Crippen LogP contribution in [0, 0.1) is 13.8 Å². The average molecular weight is 225 g/mol. The largest absolute Gasteiger partial charge is 0.294 e. The van der Waals surface area contributed by atoms with Crippen LogP contribution >= 0.6 is 0 Å². The molecular weight excluding hydrogens is 210 g/mol. The summed E-state index contributed by atoms with van der Waals surface area (Å²) < 4.78 is 0. The van der Waals surface area contributed by atoms with E-state index in [0.29, 0.717) is 6.42 Å². The SMILES string of the molecule is Cc1cccc(CC(=O)c2ccncc2C)c1. The molecule has 2 rings (SSSR count). The lowest BCUT2D eigenvalue weighted by Gasteiger charge is -2.05. The van der Waals surface area contributed by atoms with Crippen molar-refractivity contribution >= 4 is 5.78 Å². The van der Waals surface area contributed by atoms with Crippen molar-refractivity contribution in [2.75, 3.05) is 0 Å². The quantitative estimate of drug-likeness (QED) is 0.751. The van der Waals surface area contributed by atoms with Crippen LogP contribution in [0.4, 0.5) is 0 Å². The number of nitrogens with zero attached hydrogens (tertiary/aromatic N) is 1. The number of Topliss-reactive ketones (excluding diaryl/α,β-unsaturated/α-hetero) is 1. The molecule has 0 N–H and O–H groups in total. The Morgan fingerprint density at radius 2 is 2.06 bits per heavy atom. The summed E-state index contributed by atoms with van der Waals surface area (Å²) in [5.41, 5.74) is 3.94. The van der Waals surface area contributed by atoms with Crippen LogP contribution in [-0.4, -0.2) is 10.8 Å². The molecule has 0 bridgehead atoms. The molecule has 17 heavy (non-hydrogen) atoms. The highest BCUT2D eigenvalue weighted by Crippen LogP contribution is 2.11. The first kappa shape index (κ1) is 11.5. The summed E-state index contributed by atoms with van der Waals surface area (Å²) in [5, 5.41) is 0. The number of rotatable bonds is 3. The van der Waals surface area contributed by atoms with Gasteiger partial charge in [-0.05, 0) is 31.0 Å². The van der Waals surface area contributed by atoms with Crippen molar-refractivity contribution in [1.29, 1.82) is 0 Å². The Hall–Kier alpha value is -1.96. The van der Waals surface area contributed by atoms with Crippen LogP contribution in [0.1, 0.15) is 27.0 Å². The van der Waals surface area contributed by atoms with Gasteiger partial charge in [0, 0.05) is 24.4 Å². The van der Waals surface area contributed by atoms with Crippen LogP contribution in [0.15, 0.2) is 42.7 Å². The van der Waals surface area contributed by atoms with Crippen LogP contribution in [0.25, 0.3) is 0 Å². The van der Waals surface area contributed by atoms with Crippen molar-refractivity contribution in [2.24, 2.45) is 0 Å². The molecule has 0 fully saturated rings. The van der Waals surface area contributed by atoms with Crippen molar-refractivity contribution in [1.82, 2.24) is 4.98 Å². The number of aromatic nitrogens is 1. The topological polar surface area (TPSA) is 30.0 Å². The van der Waals surface area contributed by atoms with Gasteiger partial charge in [0.2, 0.25) is 0 Å². The lowest BCUT2D eigenvalue weighted by atomic mass is 10.00. The maximum Gasteiger partial charge on any atom is 0.167 e. The van der Waals surface area contributed by atoms with Gasteiger partial charge in [-0.2, -0.15) is 0 Å². The Labute approximate surface area is 101 Å². The van der Waals surface area contributed by atoms with Crippen molar-refractivity contribution < 1.29 is 4.79 Å². The van der Waals surface area contributed by atoms with Gasteiger partial charge < -0.3 is 0 Å². The third-order valence-electron chi connectivity index (χ3n) is 2.77. The second-order valence-electron chi connectivity index (χ2n) is 4.28. The summed E-state index contributed by atoms with van der Waals surface area (Å²) in [5.74, 6) is 0.149. The molecule has 1 aromatic carbocycles. The zero-order valence-corrected chi connectivity index (χ0v) is 10.1. The highest BCUT2D eigenvalue weighted by Gasteiger charge is 2.09. The minimum Gasteiger partial charge on any atom is -0.294 e. The molecule has 0 aliphatic heterocycles. The lowest BCUT2D eigenvalue weighted by Crippen LogP contribution is -2.06. The molecule has 0 aliphatic carbocycles. The normalized spacial score (nSPS) is 10.2. The van der Waals surface area contributed by atoms with Gasteiger partial charge in [0.25, 0.3) is 0 Å². The standard InChI is InChI=1S/C15H15NO/c1-11-4-3-5-13(8-11)9-15(17)14-6-7-16-10-12(14)2/h3-8,10H,9H2,1-2H3. The van der Waals surface area contributed by atoms with E-state index in [1.165, 1.54) is 5.56 Å². The number of pyridine rings is 1. The first-order valence-corrected chi connectivity index (χ1v) is 5.66. The van der Waals surface area contributed by atoms with E-state index in [0.717, 1.165) is 16.7 Å². The smallest absolute Gasteiger partial charge is 0.167 e. The molecule has 2 heteroatoms. The van der Waals surface area contributed by atoms with Crippen molar-refractivity contribution in [3.8, 4) is 0 Å². The Kier molecular flexibility index (Phi) is 3.33. The Morgan fingerprint density at radius 1 is 1.24 bits per heavy atom. The summed E-state index contributed by atoms with van der Waals surface area (Å²) in [7, 11) is 0. The lowest BCUT2D eigenvalue weighted by molar-refractivity contribution is 0.0992.